The summed E-state index contributed by atoms with van der Waals surface area (Å²) in [5, 5.41) is 12.2. The van der Waals surface area contributed by atoms with Crippen LogP contribution >= 0.6 is 15.9 Å². The Balaban J connectivity index is 2.17. The highest BCUT2D eigenvalue weighted by Gasteiger charge is 2.22. The molecule has 1 aliphatic rings. The fourth-order valence-corrected chi connectivity index (χ4v) is 2.84. The van der Waals surface area contributed by atoms with E-state index in [0.717, 1.165) is 36.1 Å². The van der Waals surface area contributed by atoms with Gasteiger partial charge in [-0.15, -0.1) is 0 Å². The number of hydrogen-bond donors (Lipinski definition) is 1. The topological polar surface area (TPSA) is 56.1 Å². The maximum Gasteiger partial charge on any atom is 0.217 e. The lowest BCUT2D eigenvalue weighted by molar-refractivity contribution is -0.119. The van der Waals surface area contributed by atoms with Crippen molar-refractivity contribution in [3.8, 4) is 6.07 Å². The number of benzene rings is 1. The van der Waals surface area contributed by atoms with Crippen LogP contribution in [0.25, 0.3) is 0 Å². The van der Waals surface area contributed by atoms with Crippen molar-refractivity contribution < 1.29 is 4.79 Å². The summed E-state index contributed by atoms with van der Waals surface area (Å²) >= 11 is 3.38. The minimum Gasteiger partial charge on any atom is -0.368 e. The molecule has 1 aromatic rings. The summed E-state index contributed by atoms with van der Waals surface area (Å²) in [4.78, 5) is 13.3. The standard InChI is InChI=1S/C14H16BrN3O/c1-10(19)17-13-3-2-6-18(9-13)14-5-4-12(15)7-11(14)8-16/h4-5,7,13H,2-3,6,9H2,1H3,(H,17,19)/t13-/m0/s1. The molecule has 0 saturated carbocycles. The summed E-state index contributed by atoms with van der Waals surface area (Å²) < 4.78 is 0.906. The van der Waals surface area contributed by atoms with Gasteiger partial charge in [-0.25, -0.2) is 0 Å². The molecule has 1 aromatic carbocycles. The predicted octanol–water partition coefficient (Wildman–Crippen LogP) is 2.43. The zero-order valence-electron chi connectivity index (χ0n) is 10.8. The number of piperidine rings is 1. The third-order valence-corrected chi connectivity index (χ3v) is 3.74. The van der Waals surface area contributed by atoms with Crippen LogP contribution in [0.2, 0.25) is 0 Å². The summed E-state index contributed by atoms with van der Waals surface area (Å²) in [7, 11) is 0. The molecule has 0 unspecified atom stereocenters. The average Bonchev–Trinajstić information content (AvgIpc) is 2.38. The number of hydrogen-bond acceptors (Lipinski definition) is 3. The molecule has 1 saturated heterocycles. The molecule has 0 aliphatic carbocycles. The van der Waals surface area contributed by atoms with E-state index in [1.165, 1.54) is 0 Å². The largest absolute Gasteiger partial charge is 0.368 e. The number of carbonyl (C=O) groups is 1. The second-order valence-electron chi connectivity index (χ2n) is 4.76. The van der Waals surface area contributed by atoms with E-state index in [2.05, 4.69) is 32.2 Å². The predicted molar refractivity (Wildman–Crippen MR) is 77.9 cm³/mol. The van der Waals surface area contributed by atoms with E-state index in [1.807, 2.05) is 18.2 Å². The number of nitrogens with one attached hydrogen (secondary N) is 1. The number of nitriles is 1. The van der Waals surface area contributed by atoms with Crippen molar-refractivity contribution in [3.63, 3.8) is 0 Å². The van der Waals surface area contributed by atoms with Crippen LogP contribution in [0.1, 0.15) is 25.3 Å². The number of amides is 1. The Bertz CT molecular complexity index is 524. The number of carbonyl (C=O) groups excluding carboxylic acids is 1. The summed E-state index contributed by atoms with van der Waals surface area (Å²) in [5.41, 5.74) is 1.61. The molecular weight excluding hydrogens is 306 g/mol. The van der Waals surface area contributed by atoms with Gasteiger partial charge in [-0.05, 0) is 31.0 Å². The van der Waals surface area contributed by atoms with Crippen LogP contribution in [-0.4, -0.2) is 25.0 Å². The molecule has 1 amide bonds. The second kappa shape index (κ2) is 6.07. The van der Waals surface area contributed by atoms with Crippen LogP contribution in [-0.2, 0) is 4.79 Å². The fraction of sp³-hybridized carbons (Fsp3) is 0.429. The Morgan fingerprint density at radius 3 is 3.05 bits per heavy atom. The first-order valence-electron chi connectivity index (χ1n) is 6.32. The molecule has 1 atom stereocenters. The van der Waals surface area contributed by atoms with Crippen molar-refractivity contribution in [3.05, 3.63) is 28.2 Å². The Hall–Kier alpha value is -1.54. The SMILES string of the molecule is CC(=O)N[C@H]1CCCN(c2ccc(Br)cc2C#N)C1. The van der Waals surface area contributed by atoms with Gasteiger partial charge in [0, 0.05) is 30.5 Å². The molecule has 1 heterocycles. The molecule has 0 bridgehead atoms. The van der Waals surface area contributed by atoms with E-state index in [4.69, 9.17) is 0 Å². The van der Waals surface area contributed by atoms with Crippen molar-refractivity contribution in [2.24, 2.45) is 0 Å². The van der Waals surface area contributed by atoms with Crippen molar-refractivity contribution in [2.45, 2.75) is 25.8 Å². The van der Waals surface area contributed by atoms with Gasteiger partial charge in [0.25, 0.3) is 0 Å². The van der Waals surface area contributed by atoms with Crippen molar-refractivity contribution in [1.29, 1.82) is 5.26 Å². The van der Waals surface area contributed by atoms with Gasteiger partial charge in [0.05, 0.1) is 11.3 Å². The average molecular weight is 322 g/mol. The van der Waals surface area contributed by atoms with E-state index in [1.54, 1.807) is 6.92 Å². The minimum atomic E-state index is 0.00293. The summed E-state index contributed by atoms with van der Waals surface area (Å²) in [6.07, 6.45) is 2.01. The molecular formula is C14H16BrN3O. The first kappa shape index (κ1) is 13.9. The van der Waals surface area contributed by atoms with Gasteiger partial charge in [0.2, 0.25) is 5.91 Å². The van der Waals surface area contributed by atoms with E-state index >= 15 is 0 Å². The molecule has 4 nitrogen and oxygen atoms in total. The molecule has 5 heteroatoms. The van der Waals surface area contributed by atoms with Crippen LogP contribution in [0.4, 0.5) is 5.69 Å². The lowest BCUT2D eigenvalue weighted by Gasteiger charge is -2.35. The van der Waals surface area contributed by atoms with Crippen molar-refractivity contribution in [2.75, 3.05) is 18.0 Å². The smallest absolute Gasteiger partial charge is 0.217 e. The quantitative estimate of drug-likeness (QED) is 0.910. The van der Waals surface area contributed by atoms with Gasteiger partial charge >= 0.3 is 0 Å². The van der Waals surface area contributed by atoms with Crippen molar-refractivity contribution >= 4 is 27.5 Å². The third-order valence-electron chi connectivity index (χ3n) is 3.25. The molecule has 1 fully saturated rings. The molecule has 1 aliphatic heterocycles. The van der Waals surface area contributed by atoms with E-state index < -0.39 is 0 Å². The summed E-state index contributed by atoms with van der Waals surface area (Å²) in [6, 6.07) is 8.13. The monoisotopic (exact) mass is 321 g/mol. The Labute approximate surface area is 121 Å². The van der Waals surface area contributed by atoms with Gasteiger partial charge in [-0.2, -0.15) is 5.26 Å². The van der Waals surface area contributed by atoms with Crippen LogP contribution in [0.5, 0.6) is 0 Å². The van der Waals surface area contributed by atoms with Gasteiger partial charge in [-0.3, -0.25) is 4.79 Å². The highest BCUT2D eigenvalue weighted by Crippen LogP contribution is 2.26. The minimum absolute atomic E-state index is 0.00293. The summed E-state index contributed by atoms with van der Waals surface area (Å²) in [5.74, 6) is 0.00293. The maximum absolute atomic E-state index is 11.1. The molecule has 19 heavy (non-hydrogen) atoms. The van der Waals surface area contributed by atoms with Crippen LogP contribution in [0.3, 0.4) is 0 Å². The Morgan fingerprint density at radius 2 is 2.37 bits per heavy atom. The first-order valence-corrected chi connectivity index (χ1v) is 7.11. The number of nitrogens with zero attached hydrogens (tertiary/aromatic N) is 2. The van der Waals surface area contributed by atoms with E-state index in [9.17, 15) is 10.1 Å². The highest BCUT2D eigenvalue weighted by atomic mass is 79.9. The summed E-state index contributed by atoms with van der Waals surface area (Å²) in [6.45, 7) is 3.22. The fourth-order valence-electron chi connectivity index (χ4n) is 2.47. The van der Waals surface area contributed by atoms with Gasteiger partial charge in [0.15, 0.2) is 0 Å². The third kappa shape index (κ3) is 3.48. The molecule has 0 radical (unpaired) electrons. The van der Waals surface area contributed by atoms with E-state index in [-0.39, 0.29) is 11.9 Å². The highest BCUT2D eigenvalue weighted by molar-refractivity contribution is 9.10. The number of halogens is 1. The number of anilines is 1. The zero-order chi connectivity index (χ0) is 13.8. The lowest BCUT2D eigenvalue weighted by atomic mass is 10.0. The van der Waals surface area contributed by atoms with Crippen LogP contribution in [0.15, 0.2) is 22.7 Å². The van der Waals surface area contributed by atoms with Gasteiger partial charge < -0.3 is 10.2 Å². The maximum atomic E-state index is 11.1. The Kier molecular flexibility index (Phi) is 4.43. The van der Waals surface area contributed by atoms with E-state index in [0.29, 0.717) is 5.56 Å². The molecule has 100 valence electrons. The van der Waals surface area contributed by atoms with Gasteiger partial charge in [-0.1, -0.05) is 15.9 Å². The molecule has 0 aromatic heterocycles. The first-order chi connectivity index (χ1) is 9.10. The van der Waals surface area contributed by atoms with Crippen molar-refractivity contribution in [1.82, 2.24) is 5.32 Å². The van der Waals surface area contributed by atoms with Crippen LogP contribution < -0.4 is 10.2 Å². The lowest BCUT2D eigenvalue weighted by Crippen LogP contribution is -2.47. The number of rotatable bonds is 2. The van der Waals surface area contributed by atoms with Gasteiger partial charge in [0.1, 0.15) is 6.07 Å². The molecule has 1 N–H and O–H groups in total. The zero-order valence-corrected chi connectivity index (χ0v) is 12.4. The van der Waals surface area contributed by atoms with Crippen LogP contribution in [0, 0.1) is 11.3 Å². The molecule has 2 rings (SSSR count). The Morgan fingerprint density at radius 1 is 1.58 bits per heavy atom. The second-order valence-corrected chi connectivity index (χ2v) is 5.67. The normalized spacial score (nSPS) is 18.8. The molecule has 0 spiro atoms.